The molecule has 3 saturated heterocycles. The number of aromatic nitrogens is 2. The van der Waals surface area contributed by atoms with Crippen molar-refractivity contribution in [3.05, 3.63) is 53.9 Å². The van der Waals surface area contributed by atoms with E-state index in [1.165, 1.54) is 5.56 Å². The van der Waals surface area contributed by atoms with E-state index < -0.39 is 5.41 Å². The van der Waals surface area contributed by atoms with E-state index in [4.69, 9.17) is 0 Å². The molecule has 2 spiro atoms. The zero-order valence-corrected chi connectivity index (χ0v) is 19.7. The minimum Gasteiger partial charge on any atom is -0.345 e. The second-order valence-electron chi connectivity index (χ2n) is 9.98. The van der Waals surface area contributed by atoms with Crippen LogP contribution >= 0.6 is 0 Å². The molecular weight excluding hydrogens is 414 g/mol. The lowest BCUT2D eigenvalue weighted by Crippen LogP contribution is -2.53. The fourth-order valence-electron chi connectivity index (χ4n) is 6.29. The van der Waals surface area contributed by atoms with Crippen molar-refractivity contribution in [2.45, 2.75) is 39.0 Å². The Balaban J connectivity index is 1.36. The number of carbonyl (C=O) groups excluding carboxylic acids is 2. The van der Waals surface area contributed by atoms with Gasteiger partial charge in [-0.3, -0.25) is 9.59 Å². The Morgan fingerprint density at radius 2 is 1.70 bits per heavy atom. The van der Waals surface area contributed by atoms with E-state index >= 15 is 0 Å². The van der Waals surface area contributed by atoms with Gasteiger partial charge in [-0.2, -0.15) is 0 Å². The Morgan fingerprint density at radius 3 is 2.30 bits per heavy atom. The van der Waals surface area contributed by atoms with Crippen LogP contribution in [0.2, 0.25) is 0 Å². The van der Waals surface area contributed by atoms with Gasteiger partial charge in [0.1, 0.15) is 0 Å². The van der Waals surface area contributed by atoms with Gasteiger partial charge in [-0.15, -0.1) is 0 Å². The molecule has 4 heterocycles. The predicted octanol–water partition coefficient (Wildman–Crippen LogP) is 3.02. The van der Waals surface area contributed by atoms with Gasteiger partial charge in [0.05, 0.1) is 5.41 Å². The van der Waals surface area contributed by atoms with Gasteiger partial charge in [0.25, 0.3) is 5.91 Å². The molecule has 0 bridgehead atoms. The molecule has 174 valence electrons. The Morgan fingerprint density at radius 1 is 1.00 bits per heavy atom. The van der Waals surface area contributed by atoms with Crippen LogP contribution in [0.25, 0.3) is 0 Å². The fourth-order valence-corrected chi connectivity index (χ4v) is 6.29. The summed E-state index contributed by atoms with van der Waals surface area (Å²) in [7, 11) is 1.91. The molecule has 3 fully saturated rings. The number of hydrogen-bond acceptors (Lipinski definition) is 5. The van der Waals surface area contributed by atoms with Gasteiger partial charge >= 0.3 is 0 Å². The molecule has 2 aromatic rings. The third-order valence-corrected chi connectivity index (χ3v) is 8.18. The van der Waals surface area contributed by atoms with Crippen molar-refractivity contribution in [1.82, 2.24) is 19.8 Å². The Labute approximate surface area is 195 Å². The van der Waals surface area contributed by atoms with Crippen LogP contribution in [0.4, 0.5) is 5.95 Å². The first-order chi connectivity index (χ1) is 16.0. The number of amides is 2. The smallest absolute Gasteiger partial charge is 0.253 e. The maximum Gasteiger partial charge on any atom is 0.253 e. The number of benzene rings is 1. The van der Waals surface area contributed by atoms with Crippen LogP contribution in [-0.4, -0.2) is 71.4 Å². The molecule has 0 radical (unpaired) electrons. The number of anilines is 1. The molecule has 1 aromatic carbocycles. The van der Waals surface area contributed by atoms with Crippen LogP contribution in [0.3, 0.4) is 0 Å². The molecule has 3 aliphatic rings. The topological polar surface area (TPSA) is 69.6 Å². The number of carbonyl (C=O) groups is 2. The molecule has 2 amide bonds. The van der Waals surface area contributed by atoms with Crippen molar-refractivity contribution >= 4 is 17.8 Å². The van der Waals surface area contributed by atoms with Crippen molar-refractivity contribution in [3.8, 4) is 0 Å². The highest BCUT2D eigenvalue weighted by atomic mass is 16.2. The second kappa shape index (κ2) is 8.43. The molecule has 7 nitrogen and oxygen atoms in total. The standard InChI is InChI=1S/C26H33N5O2/c1-3-5-20-6-8-21(9-7-20)22(32)30-16-10-25(11-17-30)18-31(24-27-13-4-14-28-24)19-26(25)12-15-29(2)23(26)33/h4,6-9,13-14H,3,5,10-12,15-19H2,1-2H3/t26-/m1/s1. The third kappa shape index (κ3) is 3.58. The van der Waals surface area contributed by atoms with Gasteiger partial charge in [0.15, 0.2) is 0 Å². The molecule has 0 aliphatic carbocycles. The molecule has 0 unspecified atom stereocenters. The average molecular weight is 448 g/mol. The van der Waals surface area contributed by atoms with Gasteiger partial charge in [-0.25, -0.2) is 9.97 Å². The number of nitrogens with zero attached hydrogens (tertiary/aromatic N) is 5. The van der Waals surface area contributed by atoms with E-state index in [0.29, 0.717) is 25.6 Å². The highest BCUT2D eigenvalue weighted by molar-refractivity contribution is 5.94. The molecule has 33 heavy (non-hydrogen) atoms. The summed E-state index contributed by atoms with van der Waals surface area (Å²) in [5.74, 6) is 1.03. The zero-order chi connectivity index (χ0) is 23.1. The van der Waals surface area contributed by atoms with Gasteiger partial charge in [-0.05, 0) is 49.4 Å². The second-order valence-corrected chi connectivity index (χ2v) is 9.98. The summed E-state index contributed by atoms with van der Waals surface area (Å²) < 4.78 is 0. The normalized spacial score (nSPS) is 24.3. The highest BCUT2D eigenvalue weighted by Crippen LogP contribution is 2.58. The van der Waals surface area contributed by atoms with E-state index in [1.54, 1.807) is 12.4 Å². The van der Waals surface area contributed by atoms with E-state index in [2.05, 4.69) is 33.9 Å². The maximum absolute atomic E-state index is 13.5. The number of hydrogen-bond donors (Lipinski definition) is 0. The Hall–Kier alpha value is -2.96. The van der Waals surface area contributed by atoms with Crippen LogP contribution in [-0.2, 0) is 11.2 Å². The summed E-state index contributed by atoms with van der Waals surface area (Å²) in [6, 6.07) is 9.87. The number of fused-ring (bicyclic) bond motifs is 1. The average Bonchev–Trinajstić information content (AvgIpc) is 3.33. The van der Waals surface area contributed by atoms with Gasteiger partial charge in [-0.1, -0.05) is 25.5 Å². The van der Waals surface area contributed by atoms with Gasteiger partial charge in [0, 0.05) is 63.1 Å². The summed E-state index contributed by atoms with van der Waals surface area (Å²) >= 11 is 0. The number of rotatable bonds is 4. The molecule has 7 heteroatoms. The summed E-state index contributed by atoms with van der Waals surface area (Å²) in [5, 5.41) is 0. The predicted molar refractivity (Wildman–Crippen MR) is 127 cm³/mol. The van der Waals surface area contributed by atoms with Gasteiger partial charge < -0.3 is 14.7 Å². The summed E-state index contributed by atoms with van der Waals surface area (Å²) in [4.78, 5) is 41.7. The van der Waals surface area contributed by atoms with Crippen molar-refractivity contribution in [2.24, 2.45) is 10.8 Å². The number of piperidine rings is 1. The molecule has 0 saturated carbocycles. The summed E-state index contributed by atoms with van der Waals surface area (Å²) in [5.41, 5.74) is 1.45. The first kappa shape index (κ1) is 21.9. The quantitative estimate of drug-likeness (QED) is 0.721. The lowest BCUT2D eigenvalue weighted by Gasteiger charge is -2.46. The lowest BCUT2D eigenvalue weighted by molar-refractivity contribution is -0.140. The highest BCUT2D eigenvalue weighted by Gasteiger charge is 2.65. The Bertz CT molecular complexity index is 1020. The number of likely N-dealkylation sites (tertiary alicyclic amines) is 2. The van der Waals surface area contributed by atoms with Crippen molar-refractivity contribution < 1.29 is 9.59 Å². The lowest BCUT2D eigenvalue weighted by atomic mass is 9.60. The zero-order valence-electron chi connectivity index (χ0n) is 19.7. The minimum absolute atomic E-state index is 0.0954. The monoisotopic (exact) mass is 447 g/mol. The molecule has 1 aromatic heterocycles. The molecule has 1 atom stereocenters. The van der Waals surface area contributed by atoms with Crippen LogP contribution in [0, 0.1) is 10.8 Å². The van der Waals surface area contributed by atoms with Crippen LogP contribution in [0.1, 0.15) is 48.5 Å². The summed E-state index contributed by atoms with van der Waals surface area (Å²) in [6.07, 6.45) is 8.17. The first-order valence-corrected chi connectivity index (χ1v) is 12.1. The molecule has 0 N–H and O–H groups in total. The summed E-state index contributed by atoms with van der Waals surface area (Å²) in [6.45, 7) is 5.74. The Kier molecular flexibility index (Phi) is 5.59. The number of aryl methyl sites for hydroxylation is 1. The van der Waals surface area contributed by atoms with E-state index in [-0.39, 0.29) is 17.2 Å². The van der Waals surface area contributed by atoms with Crippen molar-refractivity contribution in [3.63, 3.8) is 0 Å². The van der Waals surface area contributed by atoms with Crippen molar-refractivity contribution in [2.75, 3.05) is 44.7 Å². The molecular formula is C26H33N5O2. The molecule has 3 aliphatic heterocycles. The van der Waals surface area contributed by atoms with Gasteiger partial charge in [0.2, 0.25) is 11.9 Å². The first-order valence-electron chi connectivity index (χ1n) is 12.1. The van der Waals surface area contributed by atoms with E-state index in [1.807, 2.05) is 35.0 Å². The minimum atomic E-state index is -0.419. The van der Waals surface area contributed by atoms with E-state index in [0.717, 1.165) is 50.8 Å². The third-order valence-electron chi connectivity index (χ3n) is 8.18. The fraction of sp³-hybridized carbons (Fsp3) is 0.538. The molecule has 5 rings (SSSR count). The van der Waals surface area contributed by atoms with Crippen molar-refractivity contribution in [1.29, 1.82) is 0 Å². The SMILES string of the molecule is CCCc1ccc(C(=O)N2CCC3(CC2)CN(c2ncccn2)C[C@@]32CCN(C)C2=O)cc1. The van der Waals surface area contributed by atoms with Crippen LogP contribution in [0.15, 0.2) is 42.7 Å². The van der Waals surface area contributed by atoms with E-state index in [9.17, 15) is 9.59 Å². The van der Waals surface area contributed by atoms with Crippen LogP contribution < -0.4 is 4.90 Å². The van der Waals surface area contributed by atoms with Crippen LogP contribution in [0.5, 0.6) is 0 Å². The largest absolute Gasteiger partial charge is 0.345 e. The maximum atomic E-state index is 13.5.